The van der Waals surface area contributed by atoms with Crippen molar-refractivity contribution in [1.82, 2.24) is 0 Å². The van der Waals surface area contributed by atoms with E-state index in [1.54, 1.807) is 22.7 Å². The molecular weight excluding hydrogens is 336 g/mol. The third-order valence-corrected chi connectivity index (χ3v) is 6.32. The second-order valence-corrected chi connectivity index (χ2v) is 8.46. The minimum absolute atomic E-state index is 0.181. The number of aliphatic hydroxyl groups excluding tert-OH is 2. The smallest absolute Gasteiger partial charge is 0.0471 e. The predicted octanol–water partition coefficient (Wildman–Crippen LogP) is 4.83. The lowest BCUT2D eigenvalue weighted by atomic mass is 10.0. The SMILES string of the molecule is Cc1cc(CCO)c(-c2ccc(-c3sc(C)cc3CCO)cc2)s1. The Balaban J connectivity index is 1.94. The zero-order valence-electron chi connectivity index (χ0n) is 14.0. The molecule has 3 aromatic rings. The van der Waals surface area contributed by atoms with Crippen LogP contribution >= 0.6 is 22.7 Å². The van der Waals surface area contributed by atoms with Gasteiger partial charge in [-0.25, -0.2) is 0 Å². The van der Waals surface area contributed by atoms with Gasteiger partial charge in [0, 0.05) is 32.7 Å². The summed E-state index contributed by atoms with van der Waals surface area (Å²) in [5.74, 6) is 0. The number of aryl methyl sites for hydroxylation is 2. The largest absolute Gasteiger partial charge is 0.396 e. The fourth-order valence-electron chi connectivity index (χ4n) is 3.01. The molecule has 0 aliphatic heterocycles. The van der Waals surface area contributed by atoms with Crippen LogP contribution in [-0.2, 0) is 12.8 Å². The topological polar surface area (TPSA) is 40.5 Å². The summed E-state index contributed by atoms with van der Waals surface area (Å²) in [6, 6.07) is 13.0. The number of rotatable bonds is 6. The first-order valence-electron chi connectivity index (χ1n) is 8.13. The highest BCUT2D eigenvalue weighted by Crippen LogP contribution is 2.37. The van der Waals surface area contributed by atoms with Crippen LogP contribution in [0, 0.1) is 13.8 Å². The Morgan fingerprint density at radius 2 is 1.08 bits per heavy atom. The molecule has 0 radical (unpaired) electrons. The zero-order chi connectivity index (χ0) is 17.1. The van der Waals surface area contributed by atoms with Crippen LogP contribution in [0.15, 0.2) is 36.4 Å². The van der Waals surface area contributed by atoms with Crippen LogP contribution in [0.3, 0.4) is 0 Å². The van der Waals surface area contributed by atoms with E-state index in [-0.39, 0.29) is 13.2 Å². The molecule has 0 atom stereocenters. The minimum Gasteiger partial charge on any atom is -0.396 e. The summed E-state index contributed by atoms with van der Waals surface area (Å²) in [6.45, 7) is 4.58. The molecule has 2 heterocycles. The van der Waals surface area contributed by atoms with E-state index >= 15 is 0 Å². The molecule has 1 aromatic carbocycles. The van der Waals surface area contributed by atoms with E-state index in [0.29, 0.717) is 12.8 Å². The molecule has 2 aromatic heterocycles. The Morgan fingerprint density at radius 1 is 0.708 bits per heavy atom. The Hall–Kier alpha value is -1.46. The summed E-state index contributed by atoms with van der Waals surface area (Å²) in [6.07, 6.45) is 1.40. The maximum absolute atomic E-state index is 9.26. The number of benzene rings is 1. The van der Waals surface area contributed by atoms with Gasteiger partial charge in [-0.2, -0.15) is 0 Å². The summed E-state index contributed by atoms with van der Waals surface area (Å²) in [7, 11) is 0. The molecule has 0 spiro atoms. The first-order chi connectivity index (χ1) is 11.6. The highest BCUT2D eigenvalue weighted by atomic mass is 32.1. The number of thiophene rings is 2. The Morgan fingerprint density at radius 3 is 1.42 bits per heavy atom. The molecule has 0 aliphatic carbocycles. The van der Waals surface area contributed by atoms with Crippen LogP contribution in [0.4, 0.5) is 0 Å². The van der Waals surface area contributed by atoms with Crippen LogP contribution in [0.25, 0.3) is 20.9 Å². The standard InChI is InChI=1S/C20H22O2S2/c1-13-11-17(7-9-21)19(23-13)15-3-5-16(6-4-15)20-18(8-10-22)12-14(2)24-20/h3-6,11-12,21-22H,7-10H2,1-2H3. The predicted molar refractivity (Wildman–Crippen MR) is 104 cm³/mol. The lowest BCUT2D eigenvalue weighted by molar-refractivity contribution is 0.299. The van der Waals surface area contributed by atoms with Crippen molar-refractivity contribution in [3.63, 3.8) is 0 Å². The van der Waals surface area contributed by atoms with Gasteiger partial charge in [0.05, 0.1) is 0 Å². The van der Waals surface area contributed by atoms with Gasteiger partial charge in [-0.1, -0.05) is 24.3 Å². The molecule has 2 nitrogen and oxygen atoms in total. The van der Waals surface area contributed by atoms with Crippen molar-refractivity contribution in [1.29, 1.82) is 0 Å². The molecule has 0 aliphatic rings. The van der Waals surface area contributed by atoms with Crippen molar-refractivity contribution in [2.45, 2.75) is 26.7 Å². The molecule has 0 bridgehead atoms. The van der Waals surface area contributed by atoms with Gasteiger partial charge in [-0.3, -0.25) is 0 Å². The van der Waals surface area contributed by atoms with Gasteiger partial charge in [-0.15, -0.1) is 22.7 Å². The van der Waals surface area contributed by atoms with Crippen LogP contribution in [-0.4, -0.2) is 23.4 Å². The van der Waals surface area contributed by atoms with E-state index in [1.807, 2.05) is 0 Å². The molecule has 0 amide bonds. The van der Waals surface area contributed by atoms with Crippen molar-refractivity contribution in [3.8, 4) is 20.9 Å². The monoisotopic (exact) mass is 358 g/mol. The molecule has 24 heavy (non-hydrogen) atoms. The van der Waals surface area contributed by atoms with Crippen molar-refractivity contribution < 1.29 is 10.2 Å². The molecular formula is C20H22O2S2. The van der Waals surface area contributed by atoms with E-state index in [0.717, 1.165) is 0 Å². The van der Waals surface area contributed by atoms with Crippen molar-refractivity contribution in [3.05, 3.63) is 57.3 Å². The summed E-state index contributed by atoms with van der Waals surface area (Å²) in [5, 5.41) is 18.5. The third-order valence-electron chi connectivity index (χ3n) is 4.04. The van der Waals surface area contributed by atoms with Gasteiger partial charge in [-0.05, 0) is 61.1 Å². The second kappa shape index (κ2) is 7.62. The lowest BCUT2D eigenvalue weighted by Gasteiger charge is -2.06. The van der Waals surface area contributed by atoms with Gasteiger partial charge in [0.25, 0.3) is 0 Å². The number of aliphatic hydroxyl groups is 2. The Bertz CT molecular complexity index is 744. The lowest BCUT2D eigenvalue weighted by Crippen LogP contribution is -1.91. The van der Waals surface area contributed by atoms with Crippen LogP contribution < -0.4 is 0 Å². The molecule has 126 valence electrons. The van der Waals surface area contributed by atoms with Crippen molar-refractivity contribution >= 4 is 22.7 Å². The zero-order valence-corrected chi connectivity index (χ0v) is 15.6. The van der Waals surface area contributed by atoms with Crippen LogP contribution in [0.1, 0.15) is 20.9 Å². The fraction of sp³-hybridized carbons (Fsp3) is 0.300. The van der Waals surface area contributed by atoms with E-state index in [9.17, 15) is 10.2 Å². The summed E-state index contributed by atoms with van der Waals surface area (Å²) >= 11 is 3.57. The molecule has 0 saturated heterocycles. The number of hydrogen-bond donors (Lipinski definition) is 2. The van der Waals surface area contributed by atoms with Crippen LogP contribution in [0.5, 0.6) is 0 Å². The Kier molecular flexibility index (Phi) is 5.51. The molecule has 4 heteroatoms. The molecule has 0 unspecified atom stereocenters. The van der Waals surface area contributed by atoms with Gasteiger partial charge in [0.15, 0.2) is 0 Å². The van der Waals surface area contributed by atoms with E-state index in [4.69, 9.17) is 0 Å². The van der Waals surface area contributed by atoms with Crippen molar-refractivity contribution in [2.24, 2.45) is 0 Å². The van der Waals surface area contributed by atoms with Gasteiger partial charge >= 0.3 is 0 Å². The second-order valence-electron chi connectivity index (χ2n) is 5.95. The van der Waals surface area contributed by atoms with E-state index < -0.39 is 0 Å². The average molecular weight is 359 g/mol. The maximum Gasteiger partial charge on any atom is 0.0471 e. The molecule has 0 fully saturated rings. The summed E-state index contributed by atoms with van der Waals surface area (Å²) < 4.78 is 0. The number of hydrogen-bond acceptors (Lipinski definition) is 4. The van der Waals surface area contributed by atoms with E-state index in [2.05, 4.69) is 50.2 Å². The third kappa shape index (κ3) is 3.62. The molecule has 0 saturated carbocycles. The Labute approximate surface area is 151 Å². The summed E-state index contributed by atoms with van der Waals surface area (Å²) in [4.78, 5) is 5.06. The first-order valence-corrected chi connectivity index (χ1v) is 9.77. The molecule has 3 rings (SSSR count). The minimum atomic E-state index is 0.181. The maximum atomic E-state index is 9.26. The summed E-state index contributed by atoms with van der Waals surface area (Å²) in [5.41, 5.74) is 4.86. The van der Waals surface area contributed by atoms with Gasteiger partial charge < -0.3 is 10.2 Å². The fourth-order valence-corrected chi connectivity index (χ4v) is 5.15. The van der Waals surface area contributed by atoms with E-state index in [1.165, 1.54) is 41.8 Å². The first kappa shape index (κ1) is 17.4. The highest BCUT2D eigenvalue weighted by molar-refractivity contribution is 7.16. The van der Waals surface area contributed by atoms with Crippen LogP contribution in [0.2, 0.25) is 0 Å². The van der Waals surface area contributed by atoms with Crippen molar-refractivity contribution in [2.75, 3.05) is 13.2 Å². The molecule has 2 N–H and O–H groups in total. The quantitative estimate of drug-likeness (QED) is 0.662. The average Bonchev–Trinajstić information content (AvgIpc) is 3.11. The normalized spacial score (nSPS) is 11.2. The van der Waals surface area contributed by atoms with Gasteiger partial charge in [0.2, 0.25) is 0 Å². The van der Waals surface area contributed by atoms with Gasteiger partial charge in [0.1, 0.15) is 0 Å². The highest BCUT2D eigenvalue weighted by Gasteiger charge is 2.12.